The molecular formula is C27H19N5O. The Morgan fingerprint density at radius 2 is 1.79 bits per heavy atom. The van der Waals surface area contributed by atoms with Gasteiger partial charge in [0.05, 0.1) is 11.9 Å². The minimum absolute atomic E-state index is 0.627. The lowest BCUT2D eigenvalue weighted by molar-refractivity contribution is 0.112. The predicted octanol–water partition coefficient (Wildman–Crippen LogP) is 5.06. The van der Waals surface area contributed by atoms with E-state index in [9.17, 15) is 4.79 Å². The van der Waals surface area contributed by atoms with Gasteiger partial charge in [-0.15, -0.1) is 0 Å². The summed E-state index contributed by atoms with van der Waals surface area (Å²) in [5, 5.41) is 8.03. The molecule has 0 spiro atoms. The van der Waals surface area contributed by atoms with Gasteiger partial charge >= 0.3 is 0 Å². The van der Waals surface area contributed by atoms with E-state index in [2.05, 4.69) is 40.1 Å². The van der Waals surface area contributed by atoms with Gasteiger partial charge in [0, 0.05) is 28.6 Å². The third kappa shape index (κ3) is 4.34. The quantitative estimate of drug-likeness (QED) is 0.320. The van der Waals surface area contributed by atoms with Gasteiger partial charge in [-0.1, -0.05) is 48.4 Å². The van der Waals surface area contributed by atoms with Crippen LogP contribution in [0.1, 0.15) is 27.2 Å². The van der Waals surface area contributed by atoms with Crippen molar-refractivity contribution in [2.45, 2.75) is 6.92 Å². The molecule has 5 rings (SSSR count). The fraction of sp³-hybridized carbons (Fsp3) is 0.0370. The van der Waals surface area contributed by atoms with Crippen molar-refractivity contribution in [3.05, 3.63) is 108 Å². The fourth-order valence-corrected chi connectivity index (χ4v) is 3.41. The molecule has 0 saturated carbocycles. The highest BCUT2D eigenvalue weighted by atomic mass is 16.1. The first-order valence-electron chi connectivity index (χ1n) is 10.4. The van der Waals surface area contributed by atoms with Crippen molar-refractivity contribution < 1.29 is 4.79 Å². The van der Waals surface area contributed by atoms with Crippen molar-refractivity contribution in [2.75, 3.05) is 5.32 Å². The molecule has 33 heavy (non-hydrogen) atoms. The van der Waals surface area contributed by atoms with E-state index in [1.807, 2.05) is 54.6 Å². The first-order chi connectivity index (χ1) is 16.2. The van der Waals surface area contributed by atoms with Gasteiger partial charge in [0.25, 0.3) is 0 Å². The van der Waals surface area contributed by atoms with E-state index < -0.39 is 0 Å². The monoisotopic (exact) mass is 429 g/mol. The lowest BCUT2D eigenvalue weighted by Crippen LogP contribution is -1.97. The summed E-state index contributed by atoms with van der Waals surface area (Å²) in [6.07, 6.45) is 4.27. The van der Waals surface area contributed by atoms with Crippen LogP contribution in [0, 0.1) is 18.8 Å². The summed E-state index contributed by atoms with van der Waals surface area (Å²) in [5.74, 6) is 7.08. The molecule has 6 heteroatoms. The van der Waals surface area contributed by atoms with Crippen molar-refractivity contribution in [1.29, 1.82) is 0 Å². The summed E-state index contributed by atoms with van der Waals surface area (Å²) in [5.41, 5.74) is 6.69. The molecule has 0 aliphatic heterocycles. The number of hydrogen-bond acceptors (Lipinski definition) is 5. The SMILES string of the molecule is Cc1ccccc1Nc1cc(C#Cc2cnc3ccc(-c4ccc(C=O)cc4)nn23)ccn1. The average molecular weight is 429 g/mol. The van der Waals surface area contributed by atoms with Crippen LogP contribution < -0.4 is 5.32 Å². The number of pyridine rings is 1. The number of hydrogen-bond donors (Lipinski definition) is 1. The van der Waals surface area contributed by atoms with Crippen LogP contribution in [0.15, 0.2) is 85.2 Å². The number of carbonyl (C=O) groups is 1. The number of carbonyl (C=O) groups excluding carboxylic acids is 1. The van der Waals surface area contributed by atoms with Gasteiger partial charge in [-0.3, -0.25) is 4.79 Å². The molecule has 0 aliphatic carbocycles. The smallest absolute Gasteiger partial charge is 0.154 e. The van der Waals surface area contributed by atoms with Crippen LogP contribution in [0.3, 0.4) is 0 Å². The van der Waals surface area contributed by atoms with Gasteiger partial charge in [0.1, 0.15) is 17.8 Å². The van der Waals surface area contributed by atoms with Crippen molar-refractivity contribution in [2.24, 2.45) is 0 Å². The van der Waals surface area contributed by atoms with Crippen molar-refractivity contribution in [3.63, 3.8) is 0 Å². The maximum Gasteiger partial charge on any atom is 0.154 e. The van der Waals surface area contributed by atoms with Crippen LogP contribution in [0.25, 0.3) is 16.9 Å². The zero-order valence-corrected chi connectivity index (χ0v) is 17.9. The second-order valence-electron chi connectivity index (χ2n) is 7.49. The Balaban J connectivity index is 1.44. The van der Waals surface area contributed by atoms with E-state index in [-0.39, 0.29) is 0 Å². The molecule has 0 aliphatic rings. The van der Waals surface area contributed by atoms with Crippen molar-refractivity contribution in [1.82, 2.24) is 19.6 Å². The number of rotatable bonds is 4. The van der Waals surface area contributed by atoms with E-state index in [1.54, 1.807) is 29.0 Å². The van der Waals surface area contributed by atoms with E-state index >= 15 is 0 Å². The number of para-hydroxylation sites is 1. The third-order valence-corrected chi connectivity index (χ3v) is 5.21. The van der Waals surface area contributed by atoms with Gasteiger partial charge < -0.3 is 5.32 Å². The number of nitrogens with zero attached hydrogens (tertiary/aromatic N) is 4. The predicted molar refractivity (Wildman–Crippen MR) is 128 cm³/mol. The van der Waals surface area contributed by atoms with Crippen molar-refractivity contribution in [3.8, 4) is 23.1 Å². The molecule has 0 amide bonds. The Morgan fingerprint density at radius 3 is 2.61 bits per heavy atom. The zero-order valence-electron chi connectivity index (χ0n) is 17.9. The molecule has 3 aromatic heterocycles. The second kappa shape index (κ2) is 8.77. The maximum absolute atomic E-state index is 10.9. The van der Waals surface area contributed by atoms with E-state index in [0.717, 1.165) is 40.2 Å². The highest BCUT2D eigenvalue weighted by Gasteiger charge is 2.06. The third-order valence-electron chi connectivity index (χ3n) is 5.21. The summed E-state index contributed by atoms with van der Waals surface area (Å²) in [4.78, 5) is 19.7. The highest BCUT2D eigenvalue weighted by molar-refractivity contribution is 5.76. The standard InChI is InChI=1S/C27H19N5O/c1-19-4-2-3-5-24(19)30-26-16-20(14-15-28-26)8-11-23-17-29-27-13-12-25(31-32(23)27)22-9-6-21(18-33)7-10-22/h2-7,9-10,12-18H,1H3,(H,28,30). The molecular weight excluding hydrogens is 410 g/mol. The molecule has 5 aromatic rings. The van der Waals surface area contributed by atoms with E-state index in [0.29, 0.717) is 16.9 Å². The van der Waals surface area contributed by atoms with Crippen LogP contribution in [0.5, 0.6) is 0 Å². The summed E-state index contributed by atoms with van der Waals surface area (Å²) in [6, 6.07) is 22.9. The first-order valence-corrected chi connectivity index (χ1v) is 10.4. The molecule has 0 fully saturated rings. The topological polar surface area (TPSA) is 72.2 Å². The molecule has 2 aromatic carbocycles. The normalized spacial score (nSPS) is 10.5. The van der Waals surface area contributed by atoms with Gasteiger partial charge in [0.2, 0.25) is 0 Å². The number of benzene rings is 2. The van der Waals surface area contributed by atoms with Crippen LogP contribution >= 0.6 is 0 Å². The highest BCUT2D eigenvalue weighted by Crippen LogP contribution is 2.20. The molecule has 0 saturated heterocycles. The minimum Gasteiger partial charge on any atom is -0.340 e. The summed E-state index contributed by atoms with van der Waals surface area (Å²) in [6.45, 7) is 2.05. The van der Waals surface area contributed by atoms with Gasteiger partial charge in [-0.05, 0) is 48.7 Å². The maximum atomic E-state index is 10.9. The zero-order chi connectivity index (χ0) is 22.6. The number of aryl methyl sites for hydroxylation is 1. The largest absolute Gasteiger partial charge is 0.340 e. The Bertz CT molecular complexity index is 1520. The number of aromatic nitrogens is 4. The molecule has 158 valence electrons. The average Bonchev–Trinajstić information content (AvgIpc) is 3.27. The van der Waals surface area contributed by atoms with Crippen LogP contribution in [0.4, 0.5) is 11.5 Å². The molecule has 0 unspecified atom stereocenters. The van der Waals surface area contributed by atoms with Crippen molar-refractivity contribution >= 4 is 23.4 Å². The van der Waals surface area contributed by atoms with E-state index in [1.165, 1.54) is 0 Å². The van der Waals surface area contributed by atoms with Crippen LogP contribution in [0.2, 0.25) is 0 Å². The summed E-state index contributed by atoms with van der Waals surface area (Å²) < 4.78 is 1.73. The van der Waals surface area contributed by atoms with Gasteiger partial charge in [-0.2, -0.15) is 5.10 Å². The number of nitrogens with one attached hydrogen (secondary N) is 1. The van der Waals surface area contributed by atoms with Gasteiger partial charge in [-0.25, -0.2) is 14.5 Å². The van der Waals surface area contributed by atoms with Crippen LogP contribution in [-0.4, -0.2) is 25.9 Å². The summed E-state index contributed by atoms with van der Waals surface area (Å²) in [7, 11) is 0. The molecule has 0 radical (unpaired) electrons. The Hall–Kier alpha value is -4.76. The lowest BCUT2D eigenvalue weighted by Gasteiger charge is -2.08. The minimum atomic E-state index is 0.627. The molecule has 0 bridgehead atoms. The number of fused-ring (bicyclic) bond motifs is 1. The number of anilines is 2. The Kier molecular flexibility index (Phi) is 5.36. The number of aldehydes is 1. The number of imidazole rings is 1. The lowest BCUT2D eigenvalue weighted by atomic mass is 10.1. The molecule has 3 heterocycles. The van der Waals surface area contributed by atoms with E-state index in [4.69, 9.17) is 5.10 Å². The molecule has 1 N–H and O–H groups in total. The Morgan fingerprint density at radius 1 is 0.939 bits per heavy atom. The molecule has 6 nitrogen and oxygen atoms in total. The second-order valence-corrected chi connectivity index (χ2v) is 7.49. The summed E-state index contributed by atoms with van der Waals surface area (Å²) >= 11 is 0. The Labute approximate surface area is 191 Å². The first kappa shape index (κ1) is 20.2. The van der Waals surface area contributed by atoms with Gasteiger partial charge in [0.15, 0.2) is 5.65 Å². The fourth-order valence-electron chi connectivity index (χ4n) is 3.41. The van der Waals surface area contributed by atoms with Crippen LogP contribution in [-0.2, 0) is 0 Å². The molecule has 0 atom stereocenters.